The average Bonchev–Trinajstić information content (AvgIpc) is 2.30. The van der Waals surface area contributed by atoms with E-state index in [-0.39, 0.29) is 11.5 Å². The van der Waals surface area contributed by atoms with Gasteiger partial charge in [0.2, 0.25) is 0 Å². The molecule has 82 valence electrons. The first-order chi connectivity index (χ1) is 7.23. The summed E-state index contributed by atoms with van der Waals surface area (Å²) in [4.78, 5) is 0. The molecule has 1 aromatic rings. The van der Waals surface area contributed by atoms with Gasteiger partial charge in [0.15, 0.2) is 0 Å². The Hall–Kier alpha value is -0.610. The van der Waals surface area contributed by atoms with E-state index in [1.54, 1.807) is 0 Å². The van der Waals surface area contributed by atoms with E-state index in [2.05, 4.69) is 0 Å². The van der Waals surface area contributed by atoms with Gasteiger partial charge in [0.05, 0.1) is 0 Å². The Morgan fingerprint density at radius 2 is 1.80 bits per heavy atom. The number of benzene rings is 1. The van der Waals surface area contributed by atoms with Crippen molar-refractivity contribution < 1.29 is 14.2 Å². The molecule has 1 heterocycles. The number of hydrogen-bond acceptors (Lipinski definition) is 3. The van der Waals surface area contributed by atoms with Crippen molar-refractivity contribution in [2.75, 3.05) is 14.2 Å². The highest BCUT2D eigenvalue weighted by molar-refractivity contribution is 6.22. The summed E-state index contributed by atoms with van der Waals surface area (Å²) in [5.41, 5.74) is 1.03. The fraction of sp³-hybridized carbons (Fsp3) is 0.455. The largest absolute Gasteiger partial charge is 0.330 e. The van der Waals surface area contributed by atoms with Gasteiger partial charge in [-0.05, 0) is 5.56 Å². The van der Waals surface area contributed by atoms with Crippen molar-refractivity contribution in [2.24, 2.45) is 0 Å². The normalized spacial score (nSPS) is 28.5. The predicted octanol–water partition coefficient (Wildman–Crippen LogP) is 2.31. The molecule has 1 aliphatic rings. The molecule has 0 bridgehead atoms. The first-order valence-electron chi connectivity index (χ1n) is 4.70. The molecule has 3 nitrogen and oxygen atoms in total. The molecule has 1 aromatic carbocycles. The van der Waals surface area contributed by atoms with Gasteiger partial charge in [0, 0.05) is 14.2 Å². The molecular formula is C11H13ClO3. The van der Waals surface area contributed by atoms with E-state index in [4.69, 9.17) is 25.8 Å². The van der Waals surface area contributed by atoms with Crippen LogP contribution in [-0.2, 0) is 14.2 Å². The zero-order valence-corrected chi connectivity index (χ0v) is 9.40. The van der Waals surface area contributed by atoms with Crippen molar-refractivity contribution in [2.45, 2.75) is 17.5 Å². The standard InChI is InChI=1S/C11H13ClO3/c1-13-11(14-2)10(12)9(15-11)8-6-4-3-5-7-8/h3-7,9-10H,1-2H3. The van der Waals surface area contributed by atoms with Crippen LogP contribution in [0.4, 0.5) is 0 Å². The van der Waals surface area contributed by atoms with Gasteiger partial charge in [-0.25, -0.2) is 0 Å². The highest BCUT2D eigenvalue weighted by atomic mass is 35.5. The number of halogens is 1. The van der Waals surface area contributed by atoms with Gasteiger partial charge in [0.25, 0.3) is 0 Å². The Bertz CT molecular complexity index is 324. The van der Waals surface area contributed by atoms with Gasteiger partial charge in [-0.2, -0.15) is 0 Å². The lowest BCUT2D eigenvalue weighted by Gasteiger charge is -2.48. The number of ether oxygens (including phenoxy) is 3. The van der Waals surface area contributed by atoms with E-state index in [1.807, 2.05) is 30.3 Å². The monoisotopic (exact) mass is 228 g/mol. The van der Waals surface area contributed by atoms with E-state index in [0.29, 0.717) is 0 Å². The van der Waals surface area contributed by atoms with Crippen LogP contribution in [0.1, 0.15) is 11.7 Å². The molecule has 4 heteroatoms. The summed E-state index contributed by atoms with van der Waals surface area (Å²) < 4.78 is 15.8. The maximum atomic E-state index is 6.20. The predicted molar refractivity (Wildman–Crippen MR) is 56.7 cm³/mol. The Labute approximate surface area is 93.9 Å². The molecule has 1 fully saturated rings. The van der Waals surface area contributed by atoms with Gasteiger partial charge in [0.1, 0.15) is 11.5 Å². The third-order valence-corrected chi connectivity index (χ3v) is 3.09. The summed E-state index contributed by atoms with van der Waals surface area (Å²) in [6.07, 6.45) is -0.173. The minimum atomic E-state index is -1.10. The van der Waals surface area contributed by atoms with Gasteiger partial charge < -0.3 is 14.2 Å². The summed E-state index contributed by atoms with van der Waals surface area (Å²) >= 11 is 6.20. The molecule has 2 rings (SSSR count). The van der Waals surface area contributed by atoms with Gasteiger partial charge >= 0.3 is 5.97 Å². The quantitative estimate of drug-likeness (QED) is 0.587. The van der Waals surface area contributed by atoms with Crippen molar-refractivity contribution in [1.29, 1.82) is 0 Å². The van der Waals surface area contributed by atoms with E-state index in [1.165, 1.54) is 14.2 Å². The van der Waals surface area contributed by atoms with E-state index >= 15 is 0 Å². The second-order valence-electron chi connectivity index (χ2n) is 3.36. The van der Waals surface area contributed by atoms with E-state index < -0.39 is 5.97 Å². The van der Waals surface area contributed by atoms with Crippen molar-refractivity contribution in [1.82, 2.24) is 0 Å². The summed E-state index contributed by atoms with van der Waals surface area (Å²) in [7, 11) is 3.03. The SMILES string of the molecule is COC1(OC)OC(c2ccccc2)C1Cl. The Balaban J connectivity index is 2.12. The van der Waals surface area contributed by atoms with Crippen LogP contribution >= 0.6 is 11.6 Å². The lowest BCUT2D eigenvalue weighted by atomic mass is 10.00. The molecule has 0 spiro atoms. The fourth-order valence-electron chi connectivity index (χ4n) is 1.70. The van der Waals surface area contributed by atoms with Crippen molar-refractivity contribution in [3.05, 3.63) is 35.9 Å². The zero-order chi connectivity index (χ0) is 10.9. The van der Waals surface area contributed by atoms with E-state index in [9.17, 15) is 0 Å². The first-order valence-corrected chi connectivity index (χ1v) is 5.14. The Morgan fingerprint density at radius 3 is 2.27 bits per heavy atom. The second kappa shape index (κ2) is 4.10. The summed E-state index contributed by atoms with van der Waals surface area (Å²) in [6.45, 7) is 0. The molecule has 0 aliphatic carbocycles. The molecule has 0 saturated carbocycles. The van der Waals surface area contributed by atoms with Crippen LogP contribution in [0.3, 0.4) is 0 Å². The molecule has 1 saturated heterocycles. The van der Waals surface area contributed by atoms with Crippen LogP contribution in [0.25, 0.3) is 0 Å². The van der Waals surface area contributed by atoms with Gasteiger partial charge in [-0.15, -0.1) is 11.6 Å². The number of methoxy groups -OCH3 is 2. The highest BCUT2D eigenvalue weighted by Crippen LogP contribution is 2.47. The topological polar surface area (TPSA) is 27.7 Å². The average molecular weight is 229 g/mol. The summed E-state index contributed by atoms with van der Waals surface area (Å²) in [6, 6.07) is 9.78. The number of alkyl halides is 1. The minimum absolute atomic E-state index is 0.173. The molecule has 0 aromatic heterocycles. The van der Waals surface area contributed by atoms with Gasteiger partial charge in [-0.3, -0.25) is 0 Å². The molecule has 0 radical (unpaired) electrons. The molecule has 2 atom stereocenters. The highest BCUT2D eigenvalue weighted by Gasteiger charge is 2.57. The van der Waals surface area contributed by atoms with Crippen molar-refractivity contribution >= 4 is 11.6 Å². The molecule has 1 aliphatic heterocycles. The maximum Gasteiger partial charge on any atom is 0.303 e. The second-order valence-corrected chi connectivity index (χ2v) is 3.83. The van der Waals surface area contributed by atoms with Crippen LogP contribution < -0.4 is 0 Å². The molecule has 0 N–H and O–H groups in total. The van der Waals surface area contributed by atoms with Crippen LogP contribution in [0.5, 0.6) is 0 Å². The van der Waals surface area contributed by atoms with Crippen LogP contribution in [-0.4, -0.2) is 25.6 Å². The third-order valence-electron chi connectivity index (χ3n) is 2.59. The third kappa shape index (κ3) is 1.66. The van der Waals surface area contributed by atoms with Crippen LogP contribution in [0, 0.1) is 0 Å². The molecule has 0 amide bonds. The lowest BCUT2D eigenvalue weighted by molar-refractivity contribution is -0.444. The lowest BCUT2D eigenvalue weighted by Crippen LogP contribution is -2.59. The first kappa shape index (κ1) is 10.9. The minimum Gasteiger partial charge on any atom is -0.330 e. The number of hydrogen-bond donors (Lipinski definition) is 0. The fourth-order valence-corrected chi connectivity index (χ4v) is 2.13. The summed E-state index contributed by atoms with van der Waals surface area (Å²) in [5.74, 6) is -1.10. The van der Waals surface area contributed by atoms with Crippen molar-refractivity contribution in [3.63, 3.8) is 0 Å². The molecule has 15 heavy (non-hydrogen) atoms. The van der Waals surface area contributed by atoms with Crippen LogP contribution in [0.2, 0.25) is 0 Å². The van der Waals surface area contributed by atoms with E-state index in [0.717, 1.165) is 5.56 Å². The van der Waals surface area contributed by atoms with Gasteiger partial charge in [-0.1, -0.05) is 30.3 Å². The molecule has 2 unspecified atom stereocenters. The Kier molecular flexibility index (Phi) is 2.98. The van der Waals surface area contributed by atoms with Crippen LogP contribution in [0.15, 0.2) is 30.3 Å². The summed E-state index contributed by atoms with van der Waals surface area (Å²) in [5, 5.41) is -0.338. The molecular weight excluding hydrogens is 216 g/mol. The smallest absolute Gasteiger partial charge is 0.303 e. The Morgan fingerprint density at radius 1 is 1.20 bits per heavy atom. The number of rotatable bonds is 3. The zero-order valence-electron chi connectivity index (χ0n) is 8.64. The van der Waals surface area contributed by atoms with Crippen molar-refractivity contribution in [3.8, 4) is 0 Å². The maximum absolute atomic E-state index is 6.20.